The second-order valence-electron chi connectivity index (χ2n) is 6.16. The van der Waals surface area contributed by atoms with Crippen molar-refractivity contribution in [2.45, 2.75) is 83.7 Å². The van der Waals surface area contributed by atoms with E-state index in [1.54, 1.807) is 0 Å². The van der Waals surface area contributed by atoms with Gasteiger partial charge in [-0.2, -0.15) is 0 Å². The van der Waals surface area contributed by atoms with Crippen LogP contribution >= 0.6 is 0 Å². The minimum absolute atomic E-state index is 0.154. The van der Waals surface area contributed by atoms with Crippen molar-refractivity contribution in [3.05, 3.63) is 0 Å². The highest BCUT2D eigenvalue weighted by Crippen LogP contribution is 2.15. The summed E-state index contributed by atoms with van der Waals surface area (Å²) in [5.41, 5.74) is 0. The molecule has 0 amide bonds. The molecule has 0 saturated carbocycles. The molecule has 5 heteroatoms. The Bertz CT molecular complexity index is 325. The first-order valence-corrected chi connectivity index (χ1v) is 9.15. The molecule has 0 spiro atoms. The Labute approximate surface area is 140 Å². The first-order valence-electron chi connectivity index (χ1n) is 9.15. The SMILES string of the molecule is CCCCCCCCC(=O)OCCCC(=O)OCCCC1CO1. The van der Waals surface area contributed by atoms with Gasteiger partial charge in [-0.1, -0.05) is 39.0 Å². The topological polar surface area (TPSA) is 65.1 Å². The Morgan fingerprint density at radius 2 is 1.43 bits per heavy atom. The monoisotopic (exact) mass is 328 g/mol. The van der Waals surface area contributed by atoms with Gasteiger partial charge in [-0.3, -0.25) is 9.59 Å². The molecule has 0 aromatic carbocycles. The molecule has 1 atom stereocenters. The molecule has 0 bridgehead atoms. The van der Waals surface area contributed by atoms with Gasteiger partial charge in [0.05, 0.1) is 25.9 Å². The van der Waals surface area contributed by atoms with Crippen molar-refractivity contribution in [2.24, 2.45) is 0 Å². The van der Waals surface area contributed by atoms with Crippen LogP contribution < -0.4 is 0 Å². The fourth-order valence-corrected chi connectivity index (χ4v) is 2.33. The molecule has 1 aliphatic rings. The Morgan fingerprint density at radius 1 is 0.870 bits per heavy atom. The summed E-state index contributed by atoms with van der Waals surface area (Å²) in [5.74, 6) is -0.369. The summed E-state index contributed by atoms with van der Waals surface area (Å²) in [6.07, 6.45) is 10.5. The van der Waals surface area contributed by atoms with Crippen molar-refractivity contribution in [3.63, 3.8) is 0 Å². The zero-order valence-electron chi connectivity index (χ0n) is 14.5. The van der Waals surface area contributed by atoms with E-state index in [4.69, 9.17) is 14.2 Å². The number of unbranched alkanes of at least 4 members (excludes halogenated alkanes) is 5. The molecule has 1 unspecified atom stereocenters. The van der Waals surface area contributed by atoms with Crippen molar-refractivity contribution < 1.29 is 23.8 Å². The van der Waals surface area contributed by atoms with E-state index in [0.29, 0.717) is 38.6 Å². The van der Waals surface area contributed by atoms with Gasteiger partial charge in [0.1, 0.15) is 0 Å². The van der Waals surface area contributed by atoms with Crippen LogP contribution in [0.5, 0.6) is 0 Å². The summed E-state index contributed by atoms with van der Waals surface area (Å²) in [6, 6.07) is 0. The van der Waals surface area contributed by atoms with Crippen molar-refractivity contribution in [1.82, 2.24) is 0 Å². The average Bonchev–Trinajstić information content (AvgIpc) is 3.36. The summed E-state index contributed by atoms with van der Waals surface area (Å²) in [4.78, 5) is 23.0. The van der Waals surface area contributed by atoms with E-state index in [0.717, 1.165) is 32.3 Å². The highest BCUT2D eigenvalue weighted by atomic mass is 16.6. The zero-order chi connectivity index (χ0) is 16.8. The van der Waals surface area contributed by atoms with Crippen LogP contribution in [-0.4, -0.2) is 37.9 Å². The number of carbonyl (C=O) groups is 2. The number of epoxide rings is 1. The molecule has 0 N–H and O–H groups in total. The molecule has 1 saturated heterocycles. The van der Waals surface area contributed by atoms with E-state index in [1.165, 1.54) is 25.7 Å². The Balaban J connectivity index is 1.81. The van der Waals surface area contributed by atoms with Gasteiger partial charge in [-0.25, -0.2) is 0 Å². The molecule has 0 aromatic rings. The maximum absolute atomic E-state index is 11.5. The number of esters is 2. The number of rotatable bonds is 15. The predicted molar refractivity (Wildman–Crippen MR) is 88.1 cm³/mol. The van der Waals surface area contributed by atoms with E-state index in [1.807, 2.05) is 0 Å². The second kappa shape index (κ2) is 13.3. The first kappa shape index (κ1) is 19.9. The predicted octanol–water partition coefficient (Wildman–Crippen LogP) is 3.78. The van der Waals surface area contributed by atoms with Crippen molar-refractivity contribution >= 4 is 11.9 Å². The number of ether oxygens (including phenoxy) is 3. The van der Waals surface area contributed by atoms with Gasteiger partial charge in [0, 0.05) is 12.8 Å². The minimum atomic E-state index is -0.214. The molecule has 0 radical (unpaired) electrons. The molecule has 1 aliphatic heterocycles. The van der Waals surface area contributed by atoms with E-state index >= 15 is 0 Å². The van der Waals surface area contributed by atoms with Gasteiger partial charge in [0.2, 0.25) is 0 Å². The summed E-state index contributed by atoms with van der Waals surface area (Å²) >= 11 is 0. The van der Waals surface area contributed by atoms with Gasteiger partial charge in [-0.15, -0.1) is 0 Å². The van der Waals surface area contributed by atoms with Crippen LogP contribution in [0.25, 0.3) is 0 Å². The largest absolute Gasteiger partial charge is 0.466 e. The van der Waals surface area contributed by atoms with Crippen LogP contribution in [-0.2, 0) is 23.8 Å². The number of hydrogen-bond acceptors (Lipinski definition) is 5. The standard InChI is InChI=1S/C18H32O5/c1-2-3-4-5-6-7-11-17(19)22-14-9-12-18(20)21-13-8-10-16-15-23-16/h16H,2-15H2,1H3. The van der Waals surface area contributed by atoms with Gasteiger partial charge in [0.15, 0.2) is 0 Å². The fraction of sp³-hybridized carbons (Fsp3) is 0.889. The summed E-state index contributed by atoms with van der Waals surface area (Å²) in [7, 11) is 0. The molecule has 1 rings (SSSR count). The molecular weight excluding hydrogens is 296 g/mol. The van der Waals surface area contributed by atoms with Crippen LogP contribution in [0.4, 0.5) is 0 Å². The lowest BCUT2D eigenvalue weighted by Crippen LogP contribution is -2.10. The maximum Gasteiger partial charge on any atom is 0.305 e. The fourth-order valence-electron chi connectivity index (χ4n) is 2.33. The van der Waals surface area contributed by atoms with Crippen LogP contribution in [0, 0.1) is 0 Å². The van der Waals surface area contributed by atoms with Gasteiger partial charge in [0.25, 0.3) is 0 Å². The summed E-state index contributed by atoms with van der Waals surface area (Å²) in [5, 5.41) is 0. The first-order chi connectivity index (χ1) is 11.2. The normalized spacial score (nSPS) is 16.1. The Morgan fingerprint density at radius 3 is 2.09 bits per heavy atom. The third-order valence-corrected chi connectivity index (χ3v) is 3.86. The number of carbonyl (C=O) groups excluding carboxylic acids is 2. The molecule has 0 aliphatic carbocycles. The van der Waals surface area contributed by atoms with Crippen LogP contribution in [0.2, 0.25) is 0 Å². The lowest BCUT2D eigenvalue weighted by Gasteiger charge is -2.06. The highest BCUT2D eigenvalue weighted by Gasteiger charge is 2.21. The van der Waals surface area contributed by atoms with Gasteiger partial charge >= 0.3 is 11.9 Å². The molecule has 134 valence electrons. The van der Waals surface area contributed by atoms with E-state index < -0.39 is 0 Å². The average molecular weight is 328 g/mol. The lowest BCUT2D eigenvalue weighted by molar-refractivity contribution is -0.147. The molecule has 23 heavy (non-hydrogen) atoms. The Kier molecular flexibility index (Phi) is 11.6. The van der Waals surface area contributed by atoms with Crippen molar-refractivity contribution in [2.75, 3.05) is 19.8 Å². The van der Waals surface area contributed by atoms with Gasteiger partial charge in [-0.05, 0) is 25.7 Å². The summed E-state index contributed by atoms with van der Waals surface area (Å²) in [6.45, 7) is 3.80. The van der Waals surface area contributed by atoms with Crippen molar-refractivity contribution in [3.8, 4) is 0 Å². The minimum Gasteiger partial charge on any atom is -0.466 e. The van der Waals surface area contributed by atoms with Crippen LogP contribution in [0.3, 0.4) is 0 Å². The van der Waals surface area contributed by atoms with E-state index in [9.17, 15) is 9.59 Å². The molecular formula is C18H32O5. The van der Waals surface area contributed by atoms with Gasteiger partial charge < -0.3 is 14.2 Å². The van der Waals surface area contributed by atoms with Crippen LogP contribution in [0.15, 0.2) is 0 Å². The van der Waals surface area contributed by atoms with Crippen LogP contribution in [0.1, 0.15) is 77.6 Å². The zero-order valence-corrected chi connectivity index (χ0v) is 14.5. The highest BCUT2D eigenvalue weighted by molar-refractivity contribution is 5.70. The second-order valence-corrected chi connectivity index (χ2v) is 6.16. The van der Waals surface area contributed by atoms with Crippen molar-refractivity contribution in [1.29, 1.82) is 0 Å². The lowest BCUT2D eigenvalue weighted by atomic mass is 10.1. The third kappa shape index (κ3) is 13.1. The Hall–Kier alpha value is -1.10. The molecule has 0 aromatic heterocycles. The smallest absolute Gasteiger partial charge is 0.305 e. The number of hydrogen-bond donors (Lipinski definition) is 0. The molecule has 1 heterocycles. The molecule has 5 nitrogen and oxygen atoms in total. The van der Waals surface area contributed by atoms with E-state index in [2.05, 4.69) is 6.92 Å². The summed E-state index contributed by atoms with van der Waals surface area (Å²) < 4.78 is 15.3. The quantitative estimate of drug-likeness (QED) is 0.260. The maximum atomic E-state index is 11.5. The molecule has 1 fully saturated rings. The van der Waals surface area contributed by atoms with E-state index in [-0.39, 0.29) is 11.9 Å². The third-order valence-electron chi connectivity index (χ3n) is 3.86.